The van der Waals surface area contributed by atoms with Crippen molar-refractivity contribution in [3.05, 3.63) is 121 Å². The molecule has 0 bridgehead atoms. The molecule has 1 aromatic heterocycles. The number of benzene rings is 4. The normalized spacial score (nSPS) is 12.8. The third-order valence-corrected chi connectivity index (χ3v) is 6.18. The first kappa shape index (κ1) is 21.8. The van der Waals surface area contributed by atoms with Crippen LogP contribution >= 0.6 is 0 Å². The van der Waals surface area contributed by atoms with Gasteiger partial charge in [0.25, 0.3) is 0 Å². The van der Waals surface area contributed by atoms with Crippen LogP contribution in [-0.4, -0.2) is 0 Å². The highest BCUT2D eigenvalue weighted by atomic mass is 16.3. The van der Waals surface area contributed by atoms with Crippen LogP contribution in [0.15, 0.2) is 126 Å². The Morgan fingerprint density at radius 2 is 1.53 bits per heavy atom. The SMILES string of the molecule is C1=CCCC(N(c2ccccc2)c2c3ccccc3cc3c(-c4ccco4)cccc23)=C1.CC. The minimum Gasteiger partial charge on any atom is -0.464 e. The molecule has 0 saturated heterocycles. The van der Waals surface area contributed by atoms with Crippen LogP contribution in [0, 0.1) is 0 Å². The summed E-state index contributed by atoms with van der Waals surface area (Å²) in [5.74, 6) is 0.892. The lowest BCUT2D eigenvalue weighted by Gasteiger charge is -2.31. The van der Waals surface area contributed by atoms with Crippen molar-refractivity contribution in [1.82, 2.24) is 0 Å². The van der Waals surface area contributed by atoms with Crippen molar-refractivity contribution in [2.75, 3.05) is 4.90 Å². The molecule has 168 valence electrons. The Labute approximate surface area is 201 Å². The van der Waals surface area contributed by atoms with Gasteiger partial charge in [0, 0.05) is 27.7 Å². The molecule has 0 spiro atoms. The predicted octanol–water partition coefficient (Wildman–Crippen LogP) is 9.65. The van der Waals surface area contributed by atoms with Crippen LogP contribution in [0.25, 0.3) is 32.9 Å². The van der Waals surface area contributed by atoms with Crippen LogP contribution in [0.2, 0.25) is 0 Å². The molecule has 0 radical (unpaired) electrons. The molecule has 1 aliphatic carbocycles. The van der Waals surface area contributed by atoms with E-state index in [4.69, 9.17) is 4.42 Å². The fourth-order valence-electron chi connectivity index (χ4n) is 4.75. The number of rotatable bonds is 4. The molecule has 0 unspecified atom stereocenters. The van der Waals surface area contributed by atoms with E-state index >= 15 is 0 Å². The lowest BCUT2D eigenvalue weighted by molar-refractivity contribution is 0.583. The van der Waals surface area contributed by atoms with Crippen molar-refractivity contribution < 1.29 is 4.42 Å². The van der Waals surface area contributed by atoms with E-state index in [1.165, 1.54) is 38.6 Å². The summed E-state index contributed by atoms with van der Waals surface area (Å²) in [6.45, 7) is 4.00. The van der Waals surface area contributed by atoms with E-state index in [9.17, 15) is 0 Å². The van der Waals surface area contributed by atoms with Gasteiger partial charge in [-0.15, -0.1) is 0 Å². The van der Waals surface area contributed by atoms with E-state index in [-0.39, 0.29) is 0 Å². The van der Waals surface area contributed by atoms with Gasteiger partial charge in [0.2, 0.25) is 0 Å². The Morgan fingerprint density at radius 1 is 0.735 bits per heavy atom. The van der Waals surface area contributed by atoms with Crippen LogP contribution in [0.5, 0.6) is 0 Å². The smallest absolute Gasteiger partial charge is 0.134 e. The number of anilines is 2. The molecule has 1 heterocycles. The van der Waals surface area contributed by atoms with E-state index in [0.717, 1.165) is 24.2 Å². The maximum Gasteiger partial charge on any atom is 0.134 e. The van der Waals surface area contributed by atoms with Crippen LogP contribution < -0.4 is 4.90 Å². The van der Waals surface area contributed by atoms with Gasteiger partial charge in [-0.3, -0.25) is 0 Å². The molecule has 6 rings (SSSR count). The van der Waals surface area contributed by atoms with Crippen molar-refractivity contribution in [1.29, 1.82) is 0 Å². The molecule has 5 aromatic rings. The third kappa shape index (κ3) is 3.92. The minimum absolute atomic E-state index is 0.892. The second-order valence-electron chi connectivity index (χ2n) is 8.12. The van der Waals surface area contributed by atoms with E-state index in [1.54, 1.807) is 6.26 Å². The Bertz CT molecular complexity index is 1460. The van der Waals surface area contributed by atoms with E-state index in [2.05, 4.69) is 102 Å². The minimum atomic E-state index is 0.892. The van der Waals surface area contributed by atoms with Gasteiger partial charge in [0.1, 0.15) is 5.76 Å². The second-order valence-corrected chi connectivity index (χ2v) is 8.12. The average Bonchev–Trinajstić information content (AvgIpc) is 3.46. The van der Waals surface area contributed by atoms with Gasteiger partial charge in [-0.2, -0.15) is 0 Å². The molecule has 1 aliphatic rings. The summed E-state index contributed by atoms with van der Waals surface area (Å²) >= 11 is 0. The van der Waals surface area contributed by atoms with Crippen LogP contribution in [0.3, 0.4) is 0 Å². The zero-order valence-corrected chi connectivity index (χ0v) is 19.7. The van der Waals surface area contributed by atoms with Crippen LogP contribution in [0.1, 0.15) is 26.7 Å². The van der Waals surface area contributed by atoms with Gasteiger partial charge in [0.15, 0.2) is 0 Å². The Balaban J connectivity index is 0.00000117. The molecule has 0 saturated carbocycles. The zero-order valence-electron chi connectivity index (χ0n) is 19.7. The molecular formula is C32H29NO. The van der Waals surface area contributed by atoms with Gasteiger partial charge in [-0.1, -0.05) is 86.7 Å². The second kappa shape index (κ2) is 9.84. The number of para-hydroxylation sites is 1. The maximum absolute atomic E-state index is 5.81. The molecule has 0 amide bonds. The van der Waals surface area contributed by atoms with E-state index < -0.39 is 0 Å². The van der Waals surface area contributed by atoms with Crippen molar-refractivity contribution in [2.24, 2.45) is 0 Å². The third-order valence-electron chi connectivity index (χ3n) is 6.18. The summed E-state index contributed by atoms with van der Waals surface area (Å²) in [6, 6.07) is 32.2. The number of hydrogen-bond acceptors (Lipinski definition) is 2. The lowest BCUT2D eigenvalue weighted by Crippen LogP contribution is -2.18. The monoisotopic (exact) mass is 443 g/mol. The average molecular weight is 444 g/mol. The fourth-order valence-corrected chi connectivity index (χ4v) is 4.75. The largest absolute Gasteiger partial charge is 0.464 e. The Morgan fingerprint density at radius 3 is 2.29 bits per heavy atom. The van der Waals surface area contributed by atoms with Crippen molar-refractivity contribution in [3.63, 3.8) is 0 Å². The van der Waals surface area contributed by atoms with Gasteiger partial charge >= 0.3 is 0 Å². The van der Waals surface area contributed by atoms with Crippen molar-refractivity contribution >= 4 is 32.9 Å². The van der Waals surface area contributed by atoms with E-state index in [0.29, 0.717) is 0 Å². The molecule has 0 N–H and O–H groups in total. The Hall–Kier alpha value is -4.04. The van der Waals surface area contributed by atoms with Crippen LogP contribution in [-0.2, 0) is 0 Å². The maximum atomic E-state index is 5.81. The molecular weight excluding hydrogens is 414 g/mol. The van der Waals surface area contributed by atoms with E-state index in [1.807, 2.05) is 26.0 Å². The summed E-state index contributed by atoms with van der Waals surface area (Å²) in [4.78, 5) is 2.44. The van der Waals surface area contributed by atoms with Gasteiger partial charge in [0.05, 0.1) is 12.0 Å². The first-order valence-electron chi connectivity index (χ1n) is 12.1. The first-order valence-corrected chi connectivity index (χ1v) is 12.1. The zero-order chi connectivity index (χ0) is 23.3. The highest BCUT2D eigenvalue weighted by molar-refractivity contribution is 6.16. The highest BCUT2D eigenvalue weighted by Crippen LogP contribution is 2.44. The molecule has 2 nitrogen and oxygen atoms in total. The van der Waals surface area contributed by atoms with Gasteiger partial charge in [-0.25, -0.2) is 0 Å². The number of nitrogens with zero attached hydrogens (tertiary/aromatic N) is 1. The van der Waals surface area contributed by atoms with Gasteiger partial charge < -0.3 is 9.32 Å². The first-order chi connectivity index (χ1) is 16.9. The Kier molecular flexibility index (Phi) is 6.31. The molecule has 0 fully saturated rings. The molecule has 0 aliphatic heterocycles. The molecule has 0 atom stereocenters. The number of allylic oxidation sites excluding steroid dienone is 4. The molecule has 4 aromatic carbocycles. The molecule has 2 heteroatoms. The summed E-state index contributed by atoms with van der Waals surface area (Å²) < 4.78 is 5.81. The fraction of sp³-hybridized carbons (Fsp3) is 0.125. The summed E-state index contributed by atoms with van der Waals surface area (Å²) in [6.07, 6.45) is 10.5. The van der Waals surface area contributed by atoms with Crippen molar-refractivity contribution in [2.45, 2.75) is 26.7 Å². The van der Waals surface area contributed by atoms with Crippen molar-refractivity contribution in [3.8, 4) is 11.3 Å². The lowest BCUT2D eigenvalue weighted by atomic mass is 9.94. The van der Waals surface area contributed by atoms with Gasteiger partial charge in [-0.05, 0) is 60.0 Å². The van der Waals surface area contributed by atoms with Crippen LogP contribution in [0.4, 0.5) is 11.4 Å². The summed E-state index contributed by atoms with van der Waals surface area (Å²) in [5.41, 5.74) is 4.82. The quantitative estimate of drug-likeness (QED) is 0.257. The predicted molar refractivity (Wildman–Crippen MR) is 146 cm³/mol. The highest BCUT2D eigenvalue weighted by Gasteiger charge is 2.21. The number of furan rings is 1. The molecule has 34 heavy (non-hydrogen) atoms. The standard InChI is InChI=1S/C30H23NO.C2H6/c1-3-12-23(13-4-1)31(24-14-5-2-6-15-24)30-25-16-8-7-11-22(25)21-28-26(17-9-18-27(28)30)29-19-10-20-32-29;1-2/h1-5,7-14,16-21H,6,15H2;1-2H3. The number of fused-ring (bicyclic) bond motifs is 2. The summed E-state index contributed by atoms with van der Waals surface area (Å²) in [5, 5.41) is 4.89. The topological polar surface area (TPSA) is 16.4 Å². The number of hydrogen-bond donors (Lipinski definition) is 0. The summed E-state index contributed by atoms with van der Waals surface area (Å²) in [7, 11) is 0.